The van der Waals surface area contributed by atoms with Crippen LogP contribution in [0.5, 0.6) is 0 Å². The van der Waals surface area contributed by atoms with E-state index in [9.17, 15) is 0 Å². The summed E-state index contributed by atoms with van der Waals surface area (Å²) in [6.07, 6.45) is 1.80. The molecule has 0 amide bonds. The highest BCUT2D eigenvalue weighted by molar-refractivity contribution is 5.54. The van der Waals surface area contributed by atoms with Crippen molar-refractivity contribution in [1.82, 2.24) is 4.98 Å². The van der Waals surface area contributed by atoms with Crippen LogP contribution in [0.25, 0.3) is 0 Å². The Morgan fingerprint density at radius 1 is 1.55 bits per heavy atom. The van der Waals surface area contributed by atoms with Gasteiger partial charge in [-0.3, -0.25) is 0 Å². The van der Waals surface area contributed by atoms with Crippen LogP contribution in [0.1, 0.15) is 11.1 Å². The molecule has 54 valence electrons. The zero-order valence-corrected chi connectivity index (χ0v) is 5.76. The van der Waals surface area contributed by atoms with Crippen molar-refractivity contribution in [2.75, 3.05) is 5.73 Å². The molecular weight excluding hydrogens is 140 g/mol. The second-order valence-electron chi connectivity index (χ2n) is 2.05. The van der Waals surface area contributed by atoms with Crippen molar-refractivity contribution in [3.05, 3.63) is 17.3 Å². The standard InChI is InChI=1S/C7H6N4/c8-2-1-5-4-11-7(10)6(5)3-9/h4,11H,1,10H2. The molecule has 0 aliphatic heterocycles. The minimum absolute atomic E-state index is 0.219. The first-order valence-corrected chi connectivity index (χ1v) is 3.02. The van der Waals surface area contributed by atoms with Crippen molar-refractivity contribution in [3.8, 4) is 12.1 Å². The monoisotopic (exact) mass is 146 g/mol. The largest absolute Gasteiger partial charge is 0.384 e. The molecule has 1 rings (SSSR count). The van der Waals surface area contributed by atoms with Crippen molar-refractivity contribution in [2.24, 2.45) is 0 Å². The highest BCUT2D eigenvalue weighted by atomic mass is 14.8. The topological polar surface area (TPSA) is 89.4 Å². The van der Waals surface area contributed by atoms with Gasteiger partial charge in [-0.1, -0.05) is 0 Å². The highest BCUT2D eigenvalue weighted by Crippen LogP contribution is 2.14. The number of aromatic nitrogens is 1. The summed E-state index contributed by atoms with van der Waals surface area (Å²) in [5.41, 5.74) is 6.44. The molecule has 1 aromatic rings. The summed E-state index contributed by atoms with van der Waals surface area (Å²) >= 11 is 0. The van der Waals surface area contributed by atoms with Crippen LogP contribution in [-0.4, -0.2) is 4.98 Å². The summed E-state index contributed by atoms with van der Waals surface area (Å²) in [5, 5.41) is 16.9. The lowest BCUT2D eigenvalue weighted by molar-refractivity contribution is 1.25. The highest BCUT2D eigenvalue weighted by Gasteiger charge is 2.06. The number of nitrogens with two attached hydrogens (primary N) is 1. The average Bonchev–Trinajstić information content (AvgIpc) is 2.33. The second-order valence-corrected chi connectivity index (χ2v) is 2.05. The number of H-pyrrole nitrogens is 1. The van der Waals surface area contributed by atoms with Gasteiger partial charge in [0.25, 0.3) is 0 Å². The van der Waals surface area contributed by atoms with Crippen LogP contribution in [0, 0.1) is 22.7 Å². The fourth-order valence-electron chi connectivity index (χ4n) is 0.839. The number of nitriles is 2. The zero-order valence-electron chi connectivity index (χ0n) is 5.76. The van der Waals surface area contributed by atoms with Crippen molar-refractivity contribution in [2.45, 2.75) is 6.42 Å². The summed E-state index contributed by atoms with van der Waals surface area (Å²) < 4.78 is 0. The minimum atomic E-state index is 0.219. The first-order chi connectivity index (χ1) is 5.29. The lowest BCUT2D eigenvalue weighted by Crippen LogP contribution is -1.88. The Morgan fingerprint density at radius 2 is 2.27 bits per heavy atom. The lowest BCUT2D eigenvalue weighted by atomic mass is 10.1. The van der Waals surface area contributed by atoms with Crippen molar-refractivity contribution < 1.29 is 0 Å². The normalized spacial score (nSPS) is 8.55. The Labute approximate surface area is 63.9 Å². The molecule has 1 aromatic heterocycles. The number of nitrogens with zero attached hydrogens (tertiary/aromatic N) is 2. The van der Waals surface area contributed by atoms with Crippen molar-refractivity contribution in [1.29, 1.82) is 10.5 Å². The van der Waals surface area contributed by atoms with Gasteiger partial charge in [0.05, 0.1) is 18.1 Å². The number of nitrogens with one attached hydrogen (secondary N) is 1. The first kappa shape index (κ1) is 7.17. The van der Waals surface area contributed by atoms with Gasteiger partial charge >= 0.3 is 0 Å². The van der Waals surface area contributed by atoms with E-state index in [1.807, 2.05) is 12.1 Å². The zero-order chi connectivity index (χ0) is 8.27. The number of nitrogen functional groups attached to an aromatic ring is 1. The van der Waals surface area contributed by atoms with Crippen LogP contribution in [0.15, 0.2) is 6.20 Å². The summed E-state index contributed by atoms with van der Waals surface area (Å²) in [4.78, 5) is 2.68. The molecule has 4 heteroatoms. The maximum atomic E-state index is 8.56. The Balaban J connectivity index is 3.10. The van der Waals surface area contributed by atoms with Crippen LogP contribution < -0.4 is 5.73 Å². The van der Waals surface area contributed by atoms with Crippen LogP contribution in [0.3, 0.4) is 0 Å². The molecule has 1 heterocycles. The van der Waals surface area contributed by atoms with E-state index in [-0.39, 0.29) is 6.42 Å². The fourth-order valence-corrected chi connectivity index (χ4v) is 0.839. The lowest BCUT2D eigenvalue weighted by Gasteiger charge is -1.87. The molecule has 0 aliphatic rings. The van der Waals surface area contributed by atoms with E-state index in [1.165, 1.54) is 0 Å². The SMILES string of the molecule is N#CCc1c[nH]c(N)c1C#N. The van der Waals surface area contributed by atoms with E-state index in [0.29, 0.717) is 16.9 Å². The number of hydrogen-bond donors (Lipinski definition) is 2. The third kappa shape index (κ3) is 1.15. The Morgan fingerprint density at radius 3 is 2.82 bits per heavy atom. The van der Waals surface area contributed by atoms with Crippen LogP contribution >= 0.6 is 0 Å². The molecule has 0 bridgehead atoms. The summed E-state index contributed by atoms with van der Waals surface area (Å²) in [6, 6.07) is 3.87. The number of anilines is 1. The second kappa shape index (κ2) is 2.76. The molecule has 11 heavy (non-hydrogen) atoms. The van der Waals surface area contributed by atoms with E-state index in [1.54, 1.807) is 6.20 Å². The number of rotatable bonds is 1. The van der Waals surface area contributed by atoms with Gasteiger partial charge in [0.2, 0.25) is 0 Å². The predicted molar refractivity (Wildman–Crippen MR) is 39.2 cm³/mol. The van der Waals surface area contributed by atoms with Crippen LogP contribution in [-0.2, 0) is 6.42 Å². The quantitative estimate of drug-likeness (QED) is 0.605. The van der Waals surface area contributed by atoms with Crippen LogP contribution in [0.4, 0.5) is 5.82 Å². The summed E-state index contributed by atoms with van der Waals surface area (Å²) in [5.74, 6) is 0.331. The first-order valence-electron chi connectivity index (χ1n) is 3.02. The van der Waals surface area contributed by atoms with Crippen molar-refractivity contribution >= 4 is 5.82 Å². The average molecular weight is 146 g/mol. The number of hydrogen-bond acceptors (Lipinski definition) is 3. The van der Waals surface area contributed by atoms with Crippen molar-refractivity contribution in [3.63, 3.8) is 0 Å². The molecule has 0 aromatic carbocycles. The van der Waals surface area contributed by atoms with E-state index in [4.69, 9.17) is 16.3 Å². The Kier molecular flexibility index (Phi) is 1.80. The van der Waals surface area contributed by atoms with Crippen LogP contribution in [0.2, 0.25) is 0 Å². The molecular formula is C7H6N4. The molecule has 0 saturated heterocycles. The fraction of sp³-hybridized carbons (Fsp3) is 0.143. The molecule has 0 unspecified atom stereocenters. The van der Waals surface area contributed by atoms with E-state index >= 15 is 0 Å². The van der Waals surface area contributed by atoms with Gasteiger partial charge in [-0.2, -0.15) is 10.5 Å². The maximum Gasteiger partial charge on any atom is 0.119 e. The molecule has 4 nitrogen and oxygen atoms in total. The number of aromatic amines is 1. The predicted octanol–water partition coefficient (Wildman–Crippen LogP) is 0.535. The summed E-state index contributed by atoms with van der Waals surface area (Å²) in [7, 11) is 0. The molecule has 0 radical (unpaired) electrons. The van der Waals surface area contributed by atoms with Gasteiger partial charge in [-0.15, -0.1) is 0 Å². The molecule has 0 atom stereocenters. The molecule has 0 saturated carbocycles. The molecule has 0 fully saturated rings. The van der Waals surface area contributed by atoms with Gasteiger partial charge in [-0.05, 0) is 0 Å². The third-order valence-electron chi connectivity index (χ3n) is 1.37. The maximum absolute atomic E-state index is 8.56. The smallest absolute Gasteiger partial charge is 0.119 e. The third-order valence-corrected chi connectivity index (χ3v) is 1.37. The van der Waals surface area contributed by atoms with Gasteiger partial charge < -0.3 is 10.7 Å². The van der Waals surface area contributed by atoms with E-state index in [0.717, 1.165) is 0 Å². The van der Waals surface area contributed by atoms with E-state index < -0.39 is 0 Å². The Hall–Kier alpha value is -1.94. The molecule has 0 aliphatic carbocycles. The van der Waals surface area contributed by atoms with Gasteiger partial charge in [-0.25, -0.2) is 0 Å². The summed E-state index contributed by atoms with van der Waals surface area (Å²) in [6.45, 7) is 0. The van der Waals surface area contributed by atoms with Gasteiger partial charge in [0.1, 0.15) is 11.9 Å². The molecule has 0 spiro atoms. The van der Waals surface area contributed by atoms with E-state index in [2.05, 4.69) is 4.98 Å². The Bertz CT molecular complexity index is 336. The minimum Gasteiger partial charge on any atom is -0.384 e. The van der Waals surface area contributed by atoms with Gasteiger partial charge in [0, 0.05) is 11.8 Å². The molecule has 3 N–H and O–H groups in total. The van der Waals surface area contributed by atoms with Gasteiger partial charge in [0.15, 0.2) is 0 Å².